The summed E-state index contributed by atoms with van der Waals surface area (Å²) in [7, 11) is 0. The van der Waals surface area contributed by atoms with Crippen LogP contribution in [0.25, 0.3) is 27.9 Å². The molecule has 0 spiro atoms. The molecule has 9 heteroatoms. The number of carbonyl (C=O) groups excluding carboxylic acids is 1. The standard InChI is InChI=1S/C15H10BrN5O.C5H9NO/c16-11-3-1-2-10-12(11)18-15(17)21-14(10)19-13(20-21)8-4-6-9(22)7-5-8;7-5-3-1-2-4-6-5/h1-7,22H,(H2,17,18);1-4H2,(H,6,7). The Bertz CT molecular complexity index is 1180. The van der Waals surface area contributed by atoms with Crippen molar-refractivity contribution in [2.75, 3.05) is 12.3 Å². The maximum atomic E-state index is 10.4. The Labute approximate surface area is 174 Å². The minimum absolute atomic E-state index is 0.197. The van der Waals surface area contributed by atoms with Crippen molar-refractivity contribution in [1.82, 2.24) is 24.9 Å². The monoisotopic (exact) mass is 454 g/mol. The zero-order valence-corrected chi connectivity index (χ0v) is 17.1. The minimum atomic E-state index is 0.197. The van der Waals surface area contributed by atoms with Gasteiger partial charge in [-0.05, 0) is 65.2 Å². The number of piperidine rings is 1. The highest BCUT2D eigenvalue weighted by Gasteiger charge is 2.14. The first-order valence-corrected chi connectivity index (χ1v) is 9.99. The average molecular weight is 455 g/mol. The number of anilines is 1. The number of benzene rings is 2. The molecule has 3 heterocycles. The van der Waals surface area contributed by atoms with Crippen molar-refractivity contribution >= 4 is 44.3 Å². The van der Waals surface area contributed by atoms with Crippen LogP contribution in [0, 0.1) is 0 Å². The number of hydrogen-bond acceptors (Lipinski definition) is 6. The van der Waals surface area contributed by atoms with E-state index < -0.39 is 0 Å². The number of phenols is 1. The highest BCUT2D eigenvalue weighted by molar-refractivity contribution is 9.10. The summed E-state index contributed by atoms with van der Waals surface area (Å²) in [6.45, 7) is 0.888. The largest absolute Gasteiger partial charge is 0.508 e. The summed E-state index contributed by atoms with van der Waals surface area (Å²) >= 11 is 3.47. The fourth-order valence-corrected chi connectivity index (χ4v) is 3.53. The number of rotatable bonds is 1. The van der Waals surface area contributed by atoms with Crippen LogP contribution in [0.5, 0.6) is 5.75 Å². The SMILES string of the molecule is Nc1nc2c(Br)cccc2c2nc(-c3ccc(O)cc3)nn12.O=C1CCCCN1. The Morgan fingerprint density at radius 3 is 2.55 bits per heavy atom. The second kappa shape index (κ2) is 8.04. The molecule has 2 aromatic heterocycles. The van der Waals surface area contributed by atoms with E-state index in [1.54, 1.807) is 24.3 Å². The van der Waals surface area contributed by atoms with E-state index in [-0.39, 0.29) is 17.6 Å². The number of nitrogens with two attached hydrogens (primary N) is 1. The van der Waals surface area contributed by atoms with E-state index in [1.165, 1.54) is 4.52 Å². The van der Waals surface area contributed by atoms with E-state index in [4.69, 9.17) is 5.73 Å². The zero-order valence-electron chi connectivity index (χ0n) is 15.5. The van der Waals surface area contributed by atoms with Gasteiger partial charge in [-0.2, -0.15) is 4.52 Å². The number of nitrogens with one attached hydrogen (secondary N) is 1. The molecular formula is C20H19BrN6O2. The molecule has 8 nitrogen and oxygen atoms in total. The van der Waals surface area contributed by atoms with Gasteiger partial charge in [0.25, 0.3) is 0 Å². The van der Waals surface area contributed by atoms with Crippen LogP contribution in [-0.2, 0) is 4.79 Å². The van der Waals surface area contributed by atoms with E-state index in [0.717, 1.165) is 46.7 Å². The van der Waals surface area contributed by atoms with Crippen LogP contribution < -0.4 is 11.1 Å². The maximum absolute atomic E-state index is 10.4. The van der Waals surface area contributed by atoms with E-state index in [0.29, 0.717) is 11.5 Å². The maximum Gasteiger partial charge on any atom is 0.223 e. The van der Waals surface area contributed by atoms with Crippen LogP contribution in [0.3, 0.4) is 0 Å². The van der Waals surface area contributed by atoms with Crippen molar-refractivity contribution < 1.29 is 9.90 Å². The molecule has 0 bridgehead atoms. The summed E-state index contributed by atoms with van der Waals surface area (Å²) < 4.78 is 2.38. The molecule has 0 aliphatic carbocycles. The number of carbonyl (C=O) groups is 1. The van der Waals surface area contributed by atoms with Crippen LogP contribution in [-0.4, -0.2) is 37.1 Å². The third-order valence-corrected chi connectivity index (χ3v) is 5.20. The molecule has 148 valence electrons. The van der Waals surface area contributed by atoms with E-state index >= 15 is 0 Å². The number of para-hydroxylation sites is 1. The first-order chi connectivity index (χ1) is 14.0. The summed E-state index contributed by atoms with van der Waals surface area (Å²) in [6.07, 6.45) is 2.97. The van der Waals surface area contributed by atoms with Gasteiger partial charge in [-0.25, -0.2) is 9.97 Å². The van der Waals surface area contributed by atoms with Gasteiger partial charge in [0, 0.05) is 28.4 Å². The lowest BCUT2D eigenvalue weighted by Gasteiger charge is -2.08. The molecule has 0 unspecified atom stereocenters. The zero-order chi connectivity index (χ0) is 20.4. The molecule has 1 aliphatic heterocycles. The minimum Gasteiger partial charge on any atom is -0.508 e. The Morgan fingerprint density at radius 1 is 1.10 bits per heavy atom. The third kappa shape index (κ3) is 4.00. The molecule has 4 N–H and O–H groups in total. The van der Waals surface area contributed by atoms with Crippen molar-refractivity contribution in [1.29, 1.82) is 0 Å². The van der Waals surface area contributed by atoms with Crippen LogP contribution in [0.2, 0.25) is 0 Å². The van der Waals surface area contributed by atoms with Crippen molar-refractivity contribution in [3.05, 3.63) is 46.9 Å². The number of halogens is 1. The number of fused-ring (bicyclic) bond motifs is 3. The molecule has 4 aromatic rings. The molecule has 0 saturated carbocycles. The van der Waals surface area contributed by atoms with E-state index in [9.17, 15) is 9.90 Å². The molecule has 2 aromatic carbocycles. The fraction of sp³-hybridized carbons (Fsp3) is 0.200. The molecule has 1 fully saturated rings. The average Bonchev–Trinajstić information content (AvgIpc) is 3.17. The second-order valence-corrected chi connectivity index (χ2v) is 7.49. The third-order valence-electron chi connectivity index (χ3n) is 4.56. The quantitative estimate of drug-likeness (QED) is 0.406. The van der Waals surface area contributed by atoms with Gasteiger partial charge in [0.2, 0.25) is 11.9 Å². The smallest absolute Gasteiger partial charge is 0.223 e. The van der Waals surface area contributed by atoms with Gasteiger partial charge >= 0.3 is 0 Å². The lowest BCUT2D eigenvalue weighted by atomic mass is 10.2. The molecule has 0 radical (unpaired) electrons. The van der Waals surface area contributed by atoms with E-state index in [1.807, 2.05) is 18.2 Å². The lowest BCUT2D eigenvalue weighted by molar-refractivity contribution is -0.122. The Balaban J connectivity index is 0.000000249. The summed E-state index contributed by atoms with van der Waals surface area (Å²) in [4.78, 5) is 19.3. The number of aromatic nitrogens is 4. The molecule has 5 rings (SSSR count). The summed E-state index contributed by atoms with van der Waals surface area (Å²) in [6, 6.07) is 12.4. The highest BCUT2D eigenvalue weighted by Crippen LogP contribution is 2.28. The molecule has 1 amide bonds. The van der Waals surface area contributed by atoms with Gasteiger partial charge in [-0.15, -0.1) is 5.10 Å². The van der Waals surface area contributed by atoms with Gasteiger partial charge in [0.1, 0.15) is 5.75 Å². The predicted octanol–water partition coefficient (Wildman–Crippen LogP) is 3.28. The molecule has 0 atom stereocenters. The normalized spacial score (nSPS) is 13.8. The number of amides is 1. The second-order valence-electron chi connectivity index (χ2n) is 6.63. The van der Waals surface area contributed by atoms with Crippen LogP contribution in [0.15, 0.2) is 46.9 Å². The number of aromatic hydroxyl groups is 1. The topological polar surface area (TPSA) is 118 Å². The summed E-state index contributed by atoms with van der Waals surface area (Å²) in [5, 5.41) is 17.4. The lowest BCUT2D eigenvalue weighted by Crippen LogP contribution is -2.28. The van der Waals surface area contributed by atoms with Gasteiger partial charge in [0.15, 0.2) is 11.5 Å². The summed E-state index contributed by atoms with van der Waals surface area (Å²) in [5.41, 5.74) is 8.18. The summed E-state index contributed by atoms with van der Waals surface area (Å²) in [5.74, 6) is 1.21. The van der Waals surface area contributed by atoms with Crippen molar-refractivity contribution in [3.63, 3.8) is 0 Å². The predicted molar refractivity (Wildman–Crippen MR) is 114 cm³/mol. The Morgan fingerprint density at radius 2 is 1.90 bits per heavy atom. The van der Waals surface area contributed by atoms with Gasteiger partial charge in [0.05, 0.1) is 5.52 Å². The van der Waals surface area contributed by atoms with Crippen molar-refractivity contribution in [2.45, 2.75) is 19.3 Å². The van der Waals surface area contributed by atoms with Crippen LogP contribution in [0.4, 0.5) is 5.95 Å². The van der Waals surface area contributed by atoms with Crippen molar-refractivity contribution in [3.8, 4) is 17.1 Å². The first-order valence-electron chi connectivity index (χ1n) is 9.19. The van der Waals surface area contributed by atoms with E-state index in [2.05, 4.69) is 36.3 Å². The molecule has 1 saturated heterocycles. The van der Waals surface area contributed by atoms with Crippen LogP contribution in [0.1, 0.15) is 19.3 Å². The Kier molecular flexibility index (Phi) is 5.30. The Hall–Kier alpha value is -3.20. The van der Waals surface area contributed by atoms with Gasteiger partial charge in [-0.3, -0.25) is 4.79 Å². The number of hydrogen-bond donors (Lipinski definition) is 3. The number of nitrogens with zero attached hydrogens (tertiary/aromatic N) is 4. The molecule has 1 aliphatic rings. The highest BCUT2D eigenvalue weighted by atomic mass is 79.9. The fourth-order valence-electron chi connectivity index (χ4n) is 3.08. The molecule has 29 heavy (non-hydrogen) atoms. The van der Waals surface area contributed by atoms with Gasteiger partial charge < -0.3 is 16.2 Å². The van der Waals surface area contributed by atoms with Gasteiger partial charge in [-0.1, -0.05) is 6.07 Å². The molecular weight excluding hydrogens is 436 g/mol. The van der Waals surface area contributed by atoms with Crippen molar-refractivity contribution in [2.24, 2.45) is 0 Å². The van der Waals surface area contributed by atoms with Crippen LogP contribution >= 0.6 is 15.9 Å². The first kappa shape index (κ1) is 19.1. The number of phenolic OH excluding ortho intramolecular Hbond substituents is 1. The number of nitrogen functional groups attached to an aromatic ring is 1.